The van der Waals surface area contributed by atoms with Gasteiger partial charge in [-0.1, -0.05) is 109 Å². The lowest BCUT2D eigenvalue weighted by atomic mass is 9.85. The maximum atomic E-state index is 12.7. The summed E-state index contributed by atoms with van der Waals surface area (Å²) < 4.78 is 429. The number of hydrogen-bond donors (Lipinski definition) is 7. The van der Waals surface area contributed by atoms with Gasteiger partial charge in [0.2, 0.25) is 0 Å². The van der Waals surface area contributed by atoms with Gasteiger partial charge < -0.3 is 40.5 Å². The lowest BCUT2D eigenvalue weighted by Gasteiger charge is -2.35. The normalized spacial score (nSPS) is 13.9. The third-order valence-corrected chi connectivity index (χ3v) is 11.9. The van der Waals surface area contributed by atoms with Crippen molar-refractivity contribution in [2.45, 2.75) is 121 Å². The number of methoxy groups -OCH3 is 1. The Balaban J connectivity index is -0.00000109. The van der Waals surface area contributed by atoms with E-state index in [9.17, 15) is 154 Å². The zero-order chi connectivity index (χ0) is 76.7. The van der Waals surface area contributed by atoms with Crippen molar-refractivity contribution in [2.75, 3.05) is 39.3 Å². The molecule has 9 nitrogen and oxygen atoms in total. The molecular formula is C51H46F35NO8S. The largest absolute Gasteiger partial charge is 0.435 e. The molecular weight excluding hydrogens is 1450 g/mol. The molecule has 96 heavy (non-hydrogen) atoms. The highest BCUT2D eigenvalue weighted by Crippen LogP contribution is 2.54. The third-order valence-electron chi connectivity index (χ3n) is 10.9. The molecule has 0 aromatic heterocycles. The molecule has 0 radical (unpaired) electrons. The van der Waals surface area contributed by atoms with Crippen LogP contribution in [0.4, 0.5) is 154 Å². The monoisotopic (exact) mass is 1500 g/mol. The molecule has 0 saturated carbocycles. The van der Waals surface area contributed by atoms with E-state index in [1.165, 1.54) is 36.4 Å². The number of benzene rings is 4. The van der Waals surface area contributed by atoms with E-state index in [1.54, 1.807) is 6.07 Å². The van der Waals surface area contributed by atoms with Crippen LogP contribution in [0.1, 0.15) is 40.7 Å². The first-order valence-electron chi connectivity index (χ1n) is 24.2. The molecule has 7 N–H and O–H groups in total. The summed E-state index contributed by atoms with van der Waals surface area (Å²) in [4.78, 5) is 0. The fraction of sp³-hybridized carbons (Fsp3) is 0.510. The predicted octanol–water partition coefficient (Wildman–Crippen LogP) is 15.8. The number of hydrogen-bond acceptors (Lipinski definition) is 10. The minimum atomic E-state index is -6.54. The molecule has 0 aliphatic carbocycles. The number of nitriles is 1. The Kier molecular flexibility index (Phi) is 35.5. The number of halogens is 35. The zero-order valence-corrected chi connectivity index (χ0v) is 47.6. The van der Waals surface area contributed by atoms with Gasteiger partial charge in [0, 0.05) is 48.1 Å². The van der Waals surface area contributed by atoms with Crippen LogP contribution in [0.5, 0.6) is 0 Å². The highest BCUT2D eigenvalue weighted by Gasteiger charge is 2.75. The summed E-state index contributed by atoms with van der Waals surface area (Å²) in [5.41, 5.74) is -24.6. The van der Waals surface area contributed by atoms with Gasteiger partial charge >= 0.3 is 79.8 Å². The second-order valence-electron chi connectivity index (χ2n) is 17.9. The van der Waals surface area contributed by atoms with Gasteiger partial charge in [-0.05, 0) is 18.1 Å². The van der Waals surface area contributed by atoms with Crippen molar-refractivity contribution in [1.82, 2.24) is 0 Å². The predicted molar refractivity (Wildman–Crippen MR) is 261 cm³/mol. The molecule has 0 aliphatic rings. The fourth-order valence-corrected chi connectivity index (χ4v) is 6.56. The van der Waals surface area contributed by atoms with E-state index in [4.69, 9.17) is 41.0 Å². The second kappa shape index (κ2) is 36.2. The average Bonchev–Trinajstić information content (AvgIpc) is 0.740. The fourth-order valence-electron chi connectivity index (χ4n) is 5.80. The van der Waals surface area contributed by atoms with Crippen LogP contribution in [0.25, 0.3) is 0 Å². The van der Waals surface area contributed by atoms with E-state index in [1.807, 2.05) is 30.3 Å². The Labute approximate surface area is 519 Å². The van der Waals surface area contributed by atoms with Gasteiger partial charge in [-0.3, -0.25) is 0 Å². The number of alkyl halides is 35. The van der Waals surface area contributed by atoms with Crippen LogP contribution in [0, 0.1) is 11.3 Å². The first-order valence-corrected chi connectivity index (χ1v) is 25.4. The minimum absolute atomic E-state index is 0.0322. The van der Waals surface area contributed by atoms with E-state index in [-0.39, 0.29) is 36.8 Å². The summed E-state index contributed by atoms with van der Waals surface area (Å²) in [5, 5.41) is 66.6. The summed E-state index contributed by atoms with van der Waals surface area (Å²) in [6, 6.07) is 20.2. The lowest BCUT2D eigenvalue weighted by molar-refractivity contribution is -0.378. The maximum Gasteiger partial charge on any atom is 0.435 e. The third kappa shape index (κ3) is 27.0. The number of aliphatic hydroxyl groups excluding tert-OH is 4. The lowest BCUT2D eigenvalue weighted by Crippen LogP contribution is -2.55. The van der Waals surface area contributed by atoms with Crippen molar-refractivity contribution in [1.29, 1.82) is 5.26 Å². The maximum absolute atomic E-state index is 12.7. The molecule has 554 valence electrons. The molecule has 0 bridgehead atoms. The van der Waals surface area contributed by atoms with Crippen molar-refractivity contribution in [3.05, 3.63) is 143 Å². The number of nitrogens with zero attached hydrogens (tertiary/aromatic N) is 1. The molecule has 4 rings (SSSR count). The summed E-state index contributed by atoms with van der Waals surface area (Å²) >= 11 is 0.888. The molecule has 0 saturated heterocycles. The molecule has 1 atom stereocenters. The van der Waals surface area contributed by atoms with Crippen molar-refractivity contribution in [3.63, 3.8) is 0 Å². The van der Waals surface area contributed by atoms with Crippen LogP contribution in [0.15, 0.2) is 115 Å². The Morgan fingerprint density at radius 3 is 0.927 bits per heavy atom. The van der Waals surface area contributed by atoms with Crippen molar-refractivity contribution in [3.8, 4) is 6.07 Å². The van der Waals surface area contributed by atoms with Crippen LogP contribution in [-0.2, 0) is 32.9 Å². The smallest absolute Gasteiger partial charge is 0.396 e. The van der Waals surface area contributed by atoms with Gasteiger partial charge in [-0.2, -0.15) is 150 Å². The molecule has 0 aliphatic heterocycles. The highest BCUT2D eigenvalue weighted by atomic mass is 32.2. The zero-order valence-electron chi connectivity index (χ0n) is 46.8. The molecule has 0 heterocycles. The number of thioether (sulfide) groups is 1. The average molecular weight is 1500 g/mol. The van der Waals surface area contributed by atoms with E-state index in [0.717, 1.165) is 36.6 Å². The number of ether oxygens (including phenoxy) is 1. The molecule has 1 unspecified atom stereocenters. The van der Waals surface area contributed by atoms with E-state index < -0.39 is 157 Å². The standard InChI is InChI=1S/C12H6F12O2.C10H8F3NO.C9H6F6O.C9H9F3S.C4H6F4O2.C4H7F3O.C3H4F4O/c13-9(14,15)7(25,10(16,17)18)5-2-1-3-6(4-5)8(26,11(19,20)21)12(22,23)24;1-15-9(7-14,10(11,12)13)8-5-3-2-4-6-8;10-8(11,12)7(16,9(13,14)15)6-4-2-1-3-5-6;10-9(11,12)7-13-6-8-4-2-1-3-5-8;5-3(6,1-9)4(7,8)2-10;5-4(6,7)2-1-3-8;4-2(5)3(6,7)1-8/h1-4,25-26H;2-6H,1H3;1-5,16H;1-5H,6-7H2;9-10H,1-2H2;8H,1-3H2;2,8H,1H2. The van der Waals surface area contributed by atoms with Gasteiger partial charge in [0.15, 0.2) is 0 Å². The van der Waals surface area contributed by atoms with Crippen LogP contribution in [-0.4, -0.2) is 155 Å². The molecule has 0 fully saturated rings. The van der Waals surface area contributed by atoms with E-state index in [2.05, 4.69) is 4.74 Å². The summed E-state index contributed by atoms with van der Waals surface area (Å²) in [5.74, 6) is -13.7. The summed E-state index contributed by atoms with van der Waals surface area (Å²) in [6.07, 6.45) is -55.6. The van der Waals surface area contributed by atoms with Gasteiger partial charge in [-0.15, -0.1) is 11.8 Å². The number of aliphatic hydroxyl groups is 7. The van der Waals surface area contributed by atoms with Crippen molar-refractivity contribution >= 4 is 11.8 Å². The van der Waals surface area contributed by atoms with Crippen LogP contribution >= 0.6 is 11.8 Å². The Hall–Kier alpha value is -6.05. The molecule has 0 amide bonds. The Morgan fingerprint density at radius 2 is 0.708 bits per heavy atom. The summed E-state index contributed by atoms with van der Waals surface area (Å²) in [6.45, 7) is -6.13. The highest BCUT2D eigenvalue weighted by molar-refractivity contribution is 7.98. The van der Waals surface area contributed by atoms with Gasteiger partial charge in [0.1, 0.15) is 25.9 Å². The second-order valence-corrected chi connectivity index (χ2v) is 18.9. The molecule has 0 spiro atoms. The number of rotatable bonds is 15. The van der Waals surface area contributed by atoms with Crippen molar-refractivity contribution < 1.29 is 194 Å². The van der Waals surface area contributed by atoms with E-state index >= 15 is 0 Å². The Morgan fingerprint density at radius 1 is 0.406 bits per heavy atom. The topological polar surface area (TPSA) is 175 Å². The first kappa shape index (κ1) is 94.1. The quantitative estimate of drug-likeness (QED) is 0.0568. The van der Waals surface area contributed by atoms with E-state index in [0.29, 0.717) is 17.9 Å². The Bertz CT molecular complexity index is 2740. The molecule has 4 aromatic rings. The van der Waals surface area contributed by atoms with Crippen LogP contribution in [0.3, 0.4) is 0 Å². The van der Waals surface area contributed by atoms with Gasteiger partial charge in [-0.25, -0.2) is 8.78 Å². The van der Waals surface area contributed by atoms with Crippen LogP contribution in [0.2, 0.25) is 0 Å². The van der Waals surface area contributed by atoms with Crippen molar-refractivity contribution in [2.24, 2.45) is 0 Å². The minimum Gasteiger partial charge on any atom is -0.396 e. The van der Waals surface area contributed by atoms with Gasteiger partial charge in [0.25, 0.3) is 22.4 Å². The first-order chi connectivity index (χ1) is 42.8. The summed E-state index contributed by atoms with van der Waals surface area (Å²) in [7, 11) is 0.865. The van der Waals surface area contributed by atoms with Gasteiger partial charge in [0.05, 0.1) is 5.75 Å². The molecule has 4 aromatic carbocycles. The SMILES string of the molecule is COC(C#N)(c1ccccc1)C(F)(F)F.FC(F)(F)CSCc1ccccc1.OC(c1cccc(C(O)(C(F)(F)F)C(F)(F)F)c1)(C(F)(F)F)C(F)(F)F.OC(c1ccccc1)(C(F)(F)F)C(F)(F)F.OCC(F)(F)C(F)(F)CO.OCC(F)(F)C(F)F.OCCCC(F)(F)F. The van der Waals surface area contributed by atoms with Crippen LogP contribution < -0.4 is 0 Å². The molecule has 45 heteroatoms.